The van der Waals surface area contributed by atoms with Gasteiger partial charge in [0.1, 0.15) is 11.9 Å². The lowest BCUT2D eigenvalue weighted by atomic mass is 10.2. The van der Waals surface area contributed by atoms with Crippen molar-refractivity contribution in [3.63, 3.8) is 0 Å². The number of aromatic amines is 1. The van der Waals surface area contributed by atoms with Crippen LogP contribution in [0.2, 0.25) is 0 Å². The maximum atomic E-state index is 5.79. The van der Waals surface area contributed by atoms with Crippen LogP contribution in [0.15, 0.2) is 4.52 Å². The van der Waals surface area contributed by atoms with Crippen LogP contribution in [0, 0.1) is 6.92 Å². The number of hydrogen-bond donors (Lipinski definition) is 1. The van der Waals surface area contributed by atoms with Crippen LogP contribution in [-0.4, -0.2) is 49.9 Å². The third-order valence-electron chi connectivity index (χ3n) is 4.31. The van der Waals surface area contributed by atoms with Gasteiger partial charge in [-0.1, -0.05) is 5.16 Å². The summed E-state index contributed by atoms with van der Waals surface area (Å²) in [4.78, 5) is 11.2. The van der Waals surface area contributed by atoms with Crippen molar-refractivity contribution in [2.75, 3.05) is 19.7 Å². The Morgan fingerprint density at radius 2 is 2.14 bits per heavy atom. The number of morpholine rings is 1. The van der Waals surface area contributed by atoms with Gasteiger partial charge in [-0.25, -0.2) is 4.98 Å². The van der Waals surface area contributed by atoms with Gasteiger partial charge in [-0.15, -0.1) is 0 Å². The fourth-order valence-electron chi connectivity index (χ4n) is 2.76. The number of H-pyrrole nitrogens is 1. The molecule has 1 saturated carbocycles. The van der Waals surface area contributed by atoms with Gasteiger partial charge in [0.15, 0.2) is 11.6 Å². The first kappa shape index (κ1) is 13.8. The second-order valence-corrected chi connectivity index (χ2v) is 6.07. The highest BCUT2D eigenvalue weighted by Gasteiger charge is 2.33. The van der Waals surface area contributed by atoms with E-state index in [0.29, 0.717) is 24.2 Å². The Hall–Kier alpha value is -1.80. The number of rotatable bonds is 4. The Balaban J connectivity index is 1.46. The average molecular weight is 304 g/mol. The predicted molar refractivity (Wildman–Crippen MR) is 76.1 cm³/mol. The van der Waals surface area contributed by atoms with Crippen LogP contribution in [-0.2, 0) is 4.74 Å². The van der Waals surface area contributed by atoms with Crippen LogP contribution in [0.5, 0.6) is 0 Å². The van der Waals surface area contributed by atoms with Crippen molar-refractivity contribution in [2.45, 2.75) is 44.8 Å². The minimum atomic E-state index is -0.119. The van der Waals surface area contributed by atoms with Crippen LogP contribution >= 0.6 is 0 Å². The van der Waals surface area contributed by atoms with E-state index < -0.39 is 0 Å². The number of nitrogens with zero attached hydrogens (tertiary/aromatic N) is 5. The molecule has 1 N–H and O–H groups in total. The Morgan fingerprint density at radius 1 is 1.27 bits per heavy atom. The monoisotopic (exact) mass is 304 g/mol. The fraction of sp³-hybridized carbons (Fsp3) is 0.714. The van der Waals surface area contributed by atoms with Crippen LogP contribution in [0.4, 0.5) is 0 Å². The van der Waals surface area contributed by atoms with Gasteiger partial charge < -0.3 is 9.26 Å². The van der Waals surface area contributed by atoms with Crippen molar-refractivity contribution in [2.24, 2.45) is 0 Å². The fourth-order valence-corrected chi connectivity index (χ4v) is 2.76. The first-order valence-electron chi connectivity index (χ1n) is 7.79. The molecule has 2 aliphatic rings. The molecule has 0 unspecified atom stereocenters. The minimum Gasteiger partial charge on any atom is -0.367 e. The summed E-state index contributed by atoms with van der Waals surface area (Å²) in [5, 5.41) is 11.2. The van der Waals surface area contributed by atoms with E-state index in [1.165, 1.54) is 12.8 Å². The molecule has 0 aromatic carbocycles. The number of nitrogens with one attached hydrogen (secondary N) is 1. The maximum Gasteiger partial charge on any atom is 0.243 e. The first-order chi connectivity index (χ1) is 10.7. The largest absolute Gasteiger partial charge is 0.367 e. The zero-order valence-corrected chi connectivity index (χ0v) is 12.8. The summed E-state index contributed by atoms with van der Waals surface area (Å²) < 4.78 is 11.2. The summed E-state index contributed by atoms with van der Waals surface area (Å²) in [7, 11) is 0. The van der Waals surface area contributed by atoms with Gasteiger partial charge in [0, 0.05) is 19.0 Å². The third-order valence-corrected chi connectivity index (χ3v) is 4.31. The highest BCUT2D eigenvalue weighted by molar-refractivity contribution is 5.05. The number of ether oxygens (including phenoxy) is 1. The standard InChI is InChI=1S/C14H20N6O2/c1-8(14-16-12(19-22-14)10-3-4-10)20-5-6-21-11(7-20)13-15-9(2)17-18-13/h8,10-11H,3-7H2,1-2H3,(H,15,17,18)/t8-,11+/m1/s1. The highest BCUT2D eigenvalue weighted by atomic mass is 16.5. The van der Waals surface area contributed by atoms with Crippen molar-refractivity contribution in [1.82, 2.24) is 30.2 Å². The zero-order valence-electron chi connectivity index (χ0n) is 12.8. The van der Waals surface area contributed by atoms with Gasteiger partial charge in [0.2, 0.25) is 5.89 Å². The van der Waals surface area contributed by atoms with Crippen molar-refractivity contribution < 1.29 is 9.26 Å². The number of aromatic nitrogens is 5. The van der Waals surface area contributed by atoms with Gasteiger partial charge in [-0.05, 0) is 26.7 Å². The SMILES string of the molecule is Cc1nc([C@@H]2CN([C@H](C)c3nc(C4CC4)no3)CCO2)n[nH]1. The number of aryl methyl sites for hydroxylation is 1. The van der Waals surface area contributed by atoms with E-state index in [1.807, 2.05) is 6.92 Å². The van der Waals surface area contributed by atoms with Crippen molar-refractivity contribution in [1.29, 1.82) is 0 Å². The summed E-state index contributed by atoms with van der Waals surface area (Å²) in [5.41, 5.74) is 0. The van der Waals surface area contributed by atoms with Gasteiger partial charge in [0.25, 0.3) is 0 Å². The highest BCUT2D eigenvalue weighted by Crippen LogP contribution is 2.38. The minimum absolute atomic E-state index is 0.0754. The van der Waals surface area contributed by atoms with Gasteiger partial charge in [-0.2, -0.15) is 10.1 Å². The van der Waals surface area contributed by atoms with Crippen molar-refractivity contribution in [3.8, 4) is 0 Å². The van der Waals surface area contributed by atoms with Crippen LogP contribution in [0.1, 0.15) is 61.2 Å². The molecule has 8 heteroatoms. The molecule has 0 radical (unpaired) electrons. The van der Waals surface area contributed by atoms with E-state index >= 15 is 0 Å². The lowest BCUT2D eigenvalue weighted by Crippen LogP contribution is -2.40. The third kappa shape index (κ3) is 2.64. The summed E-state index contributed by atoms with van der Waals surface area (Å²) in [5.74, 6) is 3.57. The summed E-state index contributed by atoms with van der Waals surface area (Å²) in [6.45, 7) is 6.18. The van der Waals surface area contributed by atoms with E-state index in [4.69, 9.17) is 9.26 Å². The van der Waals surface area contributed by atoms with E-state index in [0.717, 1.165) is 24.7 Å². The van der Waals surface area contributed by atoms with Crippen molar-refractivity contribution in [3.05, 3.63) is 23.4 Å². The molecule has 2 aromatic rings. The maximum absolute atomic E-state index is 5.79. The average Bonchev–Trinajstić information content (AvgIpc) is 3.10. The lowest BCUT2D eigenvalue weighted by molar-refractivity contribution is -0.0507. The van der Waals surface area contributed by atoms with E-state index in [-0.39, 0.29) is 12.1 Å². The molecule has 2 atom stereocenters. The zero-order chi connectivity index (χ0) is 15.1. The van der Waals surface area contributed by atoms with E-state index in [9.17, 15) is 0 Å². The number of hydrogen-bond acceptors (Lipinski definition) is 7. The summed E-state index contributed by atoms with van der Waals surface area (Å²) in [6, 6.07) is 0.0754. The van der Waals surface area contributed by atoms with Gasteiger partial charge in [-0.3, -0.25) is 10.00 Å². The molecule has 1 saturated heterocycles. The van der Waals surface area contributed by atoms with Gasteiger partial charge >= 0.3 is 0 Å². The second kappa shape index (κ2) is 5.44. The predicted octanol–water partition coefficient (Wildman–Crippen LogP) is 1.51. The van der Waals surface area contributed by atoms with E-state index in [1.54, 1.807) is 0 Å². The first-order valence-corrected chi connectivity index (χ1v) is 7.79. The quantitative estimate of drug-likeness (QED) is 0.915. The molecule has 0 amide bonds. The molecule has 4 rings (SSSR count). The molecule has 0 bridgehead atoms. The van der Waals surface area contributed by atoms with Crippen LogP contribution in [0.3, 0.4) is 0 Å². The molecular weight excluding hydrogens is 284 g/mol. The molecule has 118 valence electrons. The Labute approximate surface area is 128 Å². The van der Waals surface area contributed by atoms with Crippen LogP contribution in [0.25, 0.3) is 0 Å². The molecular formula is C14H20N6O2. The topological polar surface area (TPSA) is 93.0 Å². The van der Waals surface area contributed by atoms with Gasteiger partial charge in [0.05, 0.1) is 12.6 Å². The molecule has 8 nitrogen and oxygen atoms in total. The normalized spacial score (nSPS) is 24.5. The molecule has 1 aliphatic heterocycles. The smallest absolute Gasteiger partial charge is 0.243 e. The van der Waals surface area contributed by atoms with E-state index in [2.05, 4.69) is 37.1 Å². The second-order valence-electron chi connectivity index (χ2n) is 6.07. The molecule has 1 aliphatic carbocycles. The molecule has 2 aromatic heterocycles. The van der Waals surface area contributed by atoms with Crippen molar-refractivity contribution >= 4 is 0 Å². The molecule has 22 heavy (non-hydrogen) atoms. The molecule has 3 heterocycles. The Kier molecular flexibility index (Phi) is 3.42. The summed E-state index contributed by atoms with van der Waals surface area (Å²) >= 11 is 0. The molecule has 2 fully saturated rings. The lowest BCUT2D eigenvalue weighted by Gasteiger charge is -2.34. The summed E-state index contributed by atoms with van der Waals surface area (Å²) in [6.07, 6.45) is 2.24. The van der Waals surface area contributed by atoms with Crippen LogP contribution < -0.4 is 0 Å². The molecule has 0 spiro atoms. The Bertz CT molecular complexity index is 649. The Morgan fingerprint density at radius 3 is 2.86 bits per heavy atom.